The van der Waals surface area contributed by atoms with Gasteiger partial charge in [0, 0.05) is 12.6 Å². The number of aromatic nitrogens is 3. The van der Waals surface area contributed by atoms with Gasteiger partial charge in [0.05, 0.1) is 18.6 Å². The second kappa shape index (κ2) is 8.88. The van der Waals surface area contributed by atoms with Crippen LogP contribution in [0.4, 0.5) is 10.6 Å². The fourth-order valence-electron chi connectivity index (χ4n) is 7.66. The Bertz CT molecular complexity index is 1190. The van der Waals surface area contributed by atoms with Gasteiger partial charge in [-0.3, -0.25) is 5.32 Å². The lowest BCUT2D eigenvalue weighted by molar-refractivity contribution is -0.0890. The van der Waals surface area contributed by atoms with E-state index in [1.165, 1.54) is 38.5 Å². The molecule has 0 spiro atoms. The average Bonchev–Trinajstić information content (AvgIpc) is 3.39. The third kappa shape index (κ3) is 4.04. The van der Waals surface area contributed by atoms with Crippen LogP contribution in [0.2, 0.25) is 5.28 Å². The zero-order valence-electron chi connectivity index (χ0n) is 20.0. The molecule has 1 saturated heterocycles. The number of carbonyl (C=O) groups is 1. The first-order valence-corrected chi connectivity index (χ1v) is 13.1. The summed E-state index contributed by atoms with van der Waals surface area (Å²) in [5.74, 6) is 5.17. The minimum Gasteiger partial charge on any atom is -0.449 e. The lowest BCUT2D eigenvalue weighted by atomic mass is 9.49. The molecule has 1 aliphatic heterocycles. The van der Waals surface area contributed by atoms with Crippen LogP contribution in [0.3, 0.4) is 0 Å². The average molecular weight is 515 g/mol. The van der Waals surface area contributed by atoms with Crippen LogP contribution >= 0.6 is 11.6 Å². The molecule has 4 aliphatic carbocycles. The van der Waals surface area contributed by atoms with Crippen LogP contribution in [-0.2, 0) is 9.47 Å². The molecule has 9 nitrogen and oxygen atoms in total. The van der Waals surface area contributed by atoms with E-state index in [9.17, 15) is 15.0 Å². The lowest BCUT2D eigenvalue weighted by Crippen LogP contribution is -2.46. The Morgan fingerprint density at radius 3 is 2.56 bits per heavy atom. The highest BCUT2D eigenvalue weighted by molar-refractivity contribution is 6.28. The standard InChI is InChI=1S/C26H31ClN4O5/c1-2-26(14-32)19(33)10-20(36-26)31-5-3-18-21(28-23(27)30-22(18)31)29-24(34)35-6-4-25-11-15-7-16(12-25)9-17(8-15)13-25/h1,3,5,15-17,19-20,32-33H,4,6-14H2,(H,28,29,30,34)/t15?,16?,17?,19-,20+,25?,26+/m0/s1. The Morgan fingerprint density at radius 1 is 1.25 bits per heavy atom. The Morgan fingerprint density at radius 2 is 1.94 bits per heavy atom. The molecule has 0 aromatic carbocycles. The summed E-state index contributed by atoms with van der Waals surface area (Å²) in [5.41, 5.74) is -0.743. The van der Waals surface area contributed by atoms with Crippen LogP contribution in [0.5, 0.6) is 0 Å². The van der Waals surface area contributed by atoms with Crippen molar-refractivity contribution in [3.63, 3.8) is 0 Å². The molecule has 10 heteroatoms. The number of aliphatic hydroxyl groups is 2. The van der Waals surface area contributed by atoms with E-state index >= 15 is 0 Å². The number of carbonyl (C=O) groups excluding carboxylic acids is 1. The van der Waals surface area contributed by atoms with Gasteiger partial charge in [0.25, 0.3) is 0 Å². The van der Waals surface area contributed by atoms with Crippen molar-refractivity contribution >= 4 is 34.5 Å². The van der Waals surface area contributed by atoms with Crippen LogP contribution < -0.4 is 5.32 Å². The van der Waals surface area contributed by atoms with Gasteiger partial charge < -0.3 is 24.3 Å². The Balaban J connectivity index is 1.13. The summed E-state index contributed by atoms with van der Waals surface area (Å²) in [6.45, 7) is -0.137. The van der Waals surface area contributed by atoms with E-state index in [1.54, 1.807) is 16.8 Å². The van der Waals surface area contributed by atoms with Crippen molar-refractivity contribution in [3.8, 4) is 12.3 Å². The quantitative estimate of drug-likeness (QED) is 0.395. The number of rotatable bonds is 6. The second-order valence-corrected chi connectivity index (χ2v) is 11.6. The van der Waals surface area contributed by atoms with Crippen molar-refractivity contribution in [1.82, 2.24) is 14.5 Å². The number of nitrogens with zero attached hydrogens (tertiary/aromatic N) is 3. The molecule has 3 N–H and O–H groups in total. The van der Waals surface area contributed by atoms with E-state index in [-0.39, 0.29) is 17.5 Å². The van der Waals surface area contributed by atoms with Crippen molar-refractivity contribution in [3.05, 3.63) is 17.5 Å². The smallest absolute Gasteiger partial charge is 0.412 e. The van der Waals surface area contributed by atoms with Gasteiger partial charge in [-0.05, 0) is 85.8 Å². The predicted molar refractivity (Wildman–Crippen MR) is 132 cm³/mol. The molecule has 2 aromatic heterocycles. The number of halogens is 1. The molecule has 1 amide bonds. The molecule has 2 aromatic rings. The molecule has 0 unspecified atom stereocenters. The molecule has 7 rings (SSSR count). The third-order valence-electron chi connectivity index (χ3n) is 8.89. The molecular formula is C26H31ClN4O5. The third-order valence-corrected chi connectivity index (χ3v) is 9.06. The number of hydrogen-bond acceptors (Lipinski definition) is 7. The van der Waals surface area contributed by atoms with E-state index in [2.05, 4.69) is 21.2 Å². The Hall–Kier alpha value is -2.38. The molecule has 3 heterocycles. The van der Waals surface area contributed by atoms with E-state index in [0.717, 1.165) is 24.2 Å². The van der Waals surface area contributed by atoms with Gasteiger partial charge in [0.15, 0.2) is 5.60 Å². The molecule has 5 aliphatic rings. The number of amides is 1. The van der Waals surface area contributed by atoms with Gasteiger partial charge in [0.2, 0.25) is 5.28 Å². The van der Waals surface area contributed by atoms with Crippen molar-refractivity contribution in [2.24, 2.45) is 23.2 Å². The number of terminal acetylenes is 1. The summed E-state index contributed by atoms with van der Waals surface area (Å²) in [7, 11) is 0. The summed E-state index contributed by atoms with van der Waals surface area (Å²) >= 11 is 6.17. The molecule has 36 heavy (non-hydrogen) atoms. The number of hydrogen-bond donors (Lipinski definition) is 3. The van der Waals surface area contributed by atoms with Crippen molar-refractivity contribution in [1.29, 1.82) is 0 Å². The number of fused-ring (bicyclic) bond motifs is 1. The van der Waals surface area contributed by atoms with Crippen LogP contribution in [0.1, 0.15) is 57.6 Å². The highest BCUT2D eigenvalue weighted by atomic mass is 35.5. The number of anilines is 1. The lowest BCUT2D eigenvalue weighted by Gasteiger charge is -2.57. The van der Waals surface area contributed by atoms with Crippen molar-refractivity contribution in [2.75, 3.05) is 18.5 Å². The SMILES string of the molecule is C#C[C@]1(CO)O[C@@H](n2ccc3c(NC(=O)OCCC45CC6CC(CC(C6)C4)C5)nc(Cl)nc32)C[C@@H]1O. The van der Waals surface area contributed by atoms with Gasteiger partial charge in [-0.1, -0.05) is 5.92 Å². The largest absolute Gasteiger partial charge is 0.449 e. The highest BCUT2D eigenvalue weighted by Crippen LogP contribution is 2.61. The van der Waals surface area contributed by atoms with Gasteiger partial charge >= 0.3 is 6.09 Å². The first-order chi connectivity index (χ1) is 17.3. The molecular weight excluding hydrogens is 484 g/mol. The van der Waals surface area contributed by atoms with Gasteiger partial charge in [0.1, 0.15) is 23.8 Å². The number of nitrogens with one attached hydrogen (secondary N) is 1. The van der Waals surface area contributed by atoms with Gasteiger partial charge in [-0.25, -0.2) is 4.79 Å². The molecule has 4 bridgehead atoms. The fourth-order valence-corrected chi connectivity index (χ4v) is 7.83. The van der Waals surface area contributed by atoms with Crippen molar-refractivity contribution < 1.29 is 24.5 Å². The van der Waals surface area contributed by atoms with E-state index in [1.807, 2.05) is 0 Å². The monoisotopic (exact) mass is 514 g/mol. The zero-order valence-corrected chi connectivity index (χ0v) is 20.8. The van der Waals surface area contributed by atoms with Crippen LogP contribution in [-0.4, -0.2) is 55.8 Å². The summed E-state index contributed by atoms with van der Waals surface area (Å²) in [4.78, 5) is 21.1. The van der Waals surface area contributed by atoms with Gasteiger partial charge in [-0.2, -0.15) is 9.97 Å². The second-order valence-electron chi connectivity index (χ2n) is 11.2. The normalized spacial score (nSPS) is 36.8. The van der Waals surface area contributed by atoms with Crippen LogP contribution in [0.15, 0.2) is 12.3 Å². The number of ether oxygens (including phenoxy) is 2. The summed E-state index contributed by atoms with van der Waals surface area (Å²) in [6.07, 6.45) is 14.0. The van der Waals surface area contributed by atoms with Gasteiger partial charge in [-0.15, -0.1) is 6.42 Å². The predicted octanol–water partition coefficient (Wildman–Crippen LogP) is 3.88. The molecule has 3 atom stereocenters. The van der Waals surface area contributed by atoms with E-state index < -0.39 is 30.6 Å². The van der Waals surface area contributed by atoms with Crippen LogP contribution in [0.25, 0.3) is 11.0 Å². The summed E-state index contributed by atoms with van der Waals surface area (Å²) in [5, 5.41) is 23.3. The summed E-state index contributed by atoms with van der Waals surface area (Å²) in [6, 6.07) is 1.72. The Labute approximate surface area is 214 Å². The molecule has 5 fully saturated rings. The fraction of sp³-hybridized carbons (Fsp3) is 0.654. The minimum absolute atomic E-state index is 0.0600. The molecule has 0 radical (unpaired) electrons. The number of aliphatic hydroxyl groups excluding tert-OH is 2. The maximum atomic E-state index is 12.7. The van der Waals surface area contributed by atoms with Crippen LogP contribution in [0, 0.1) is 35.5 Å². The minimum atomic E-state index is -1.49. The molecule has 192 valence electrons. The maximum absolute atomic E-state index is 12.7. The topological polar surface area (TPSA) is 119 Å². The molecule has 4 saturated carbocycles. The maximum Gasteiger partial charge on any atom is 0.412 e. The van der Waals surface area contributed by atoms with E-state index in [0.29, 0.717) is 23.1 Å². The first kappa shape index (κ1) is 24.0. The summed E-state index contributed by atoms with van der Waals surface area (Å²) < 4.78 is 13.1. The Kier molecular flexibility index (Phi) is 5.91. The van der Waals surface area contributed by atoms with Crippen molar-refractivity contribution in [2.45, 2.75) is 69.3 Å². The first-order valence-electron chi connectivity index (χ1n) is 12.7. The highest BCUT2D eigenvalue weighted by Gasteiger charge is 2.50. The van der Waals surface area contributed by atoms with E-state index in [4.69, 9.17) is 27.5 Å². The zero-order chi connectivity index (χ0) is 25.1.